The second-order valence-electron chi connectivity index (χ2n) is 14.9. The number of methoxy groups -OCH3 is 1. The SMILES string of the molecule is COC(=O)CCC1CCC[C@@H](O[C@@H]2O[C@H](CO)[C@H](O)[C@H](O[C@@H](CC3CCCCC3)C(=O)O)[C@H]2OC(=O)c2ccccc2)[C@@H]1O[C@@H]1O[C@@H](C)[C@@H](O)[C@@H](O)[C@@H]1O. The summed E-state index contributed by atoms with van der Waals surface area (Å²) in [6.07, 6.45) is -11.1. The van der Waals surface area contributed by atoms with Gasteiger partial charge in [-0.3, -0.25) is 4.79 Å². The van der Waals surface area contributed by atoms with E-state index in [0.717, 1.165) is 32.1 Å². The monoisotopic (exact) mass is 768 g/mol. The molecular weight excluding hydrogens is 712 g/mol. The van der Waals surface area contributed by atoms with E-state index in [2.05, 4.69) is 0 Å². The first-order valence-corrected chi connectivity index (χ1v) is 19.1. The predicted molar refractivity (Wildman–Crippen MR) is 186 cm³/mol. The number of aliphatic hydroxyl groups is 5. The first-order valence-electron chi connectivity index (χ1n) is 19.1. The number of aliphatic hydroxyl groups excluding tert-OH is 5. The number of carbonyl (C=O) groups excluding carboxylic acids is 2. The molecule has 304 valence electrons. The fraction of sp³-hybridized carbons (Fsp3) is 0.763. The van der Waals surface area contributed by atoms with Gasteiger partial charge in [-0.05, 0) is 56.6 Å². The Hall–Kier alpha value is -2.77. The average Bonchev–Trinajstić information content (AvgIpc) is 3.18. The van der Waals surface area contributed by atoms with Crippen molar-refractivity contribution in [1.82, 2.24) is 0 Å². The van der Waals surface area contributed by atoms with Crippen molar-refractivity contribution in [2.45, 2.75) is 157 Å². The Morgan fingerprint density at radius 2 is 1.54 bits per heavy atom. The second-order valence-corrected chi connectivity index (χ2v) is 14.9. The van der Waals surface area contributed by atoms with Crippen molar-refractivity contribution < 1.29 is 78.2 Å². The van der Waals surface area contributed by atoms with Gasteiger partial charge in [0, 0.05) is 6.42 Å². The van der Waals surface area contributed by atoms with Gasteiger partial charge in [-0.25, -0.2) is 9.59 Å². The molecule has 2 saturated carbocycles. The molecule has 0 radical (unpaired) electrons. The molecule has 5 rings (SSSR count). The van der Waals surface area contributed by atoms with Crippen LogP contribution in [0.15, 0.2) is 30.3 Å². The normalized spacial score (nSPS) is 36.9. The number of carbonyl (C=O) groups is 3. The number of ether oxygens (including phenoxy) is 7. The topological polar surface area (TPSA) is 237 Å². The van der Waals surface area contributed by atoms with E-state index in [1.165, 1.54) is 26.2 Å². The molecule has 0 spiro atoms. The van der Waals surface area contributed by atoms with Crippen LogP contribution in [0.25, 0.3) is 0 Å². The Bertz CT molecular complexity index is 1340. The maximum Gasteiger partial charge on any atom is 0.338 e. The zero-order valence-corrected chi connectivity index (χ0v) is 30.8. The van der Waals surface area contributed by atoms with Crippen LogP contribution < -0.4 is 0 Å². The van der Waals surface area contributed by atoms with Crippen molar-refractivity contribution in [3.63, 3.8) is 0 Å². The third-order valence-corrected chi connectivity index (χ3v) is 11.2. The molecule has 16 heteroatoms. The van der Waals surface area contributed by atoms with Crippen LogP contribution in [-0.4, -0.2) is 142 Å². The van der Waals surface area contributed by atoms with Gasteiger partial charge in [0.2, 0.25) is 0 Å². The lowest BCUT2D eigenvalue weighted by molar-refractivity contribution is -0.348. The summed E-state index contributed by atoms with van der Waals surface area (Å²) >= 11 is 0. The molecule has 0 aromatic heterocycles. The number of hydrogen-bond donors (Lipinski definition) is 6. The minimum Gasteiger partial charge on any atom is -0.479 e. The maximum absolute atomic E-state index is 13.6. The minimum absolute atomic E-state index is 0.0308. The third kappa shape index (κ3) is 10.5. The summed E-state index contributed by atoms with van der Waals surface area (Å²) in [6, 6.07) is 8.02. The summed E-state index contributed by atoms with van der Waals surface area (Å²) in [5.41, 5.74) is 0.158. The van der Waals surface area contributed by atoms with Gasteiger partial charge in [-0.1, -0.05) is 56.7 Å². The number of hydrogen-bond acceptors (Lipinski definition) is 15. The molecule has 2 aliphatic heterocycles. The smallest absolute Gasteiger partial charge is 0.338 e. The molecule has 2 saturated heterocycles. The van der Waals surface area contributed by atoms with Crippen LogP contribution in [0.3, 0.4) is 0 Å². The lowest BCUT2D eigenvalue weighted by atomic mass is 9.81. The van der Waals surface area contributed by atoms with E-state index in [-0.39, 0.29) is 36.7 Å². The number of benzene rings is 1. The fourth-order valence-electron chi connectivity index (χ4n) is 8.05. The van der Waals surface area contributed by atoms with Gasteiger partial charge >= 0.3 is 17.9 Å². The van der Waals surface area contributed by atoms with Crippen LogP contribution in [-0.2, 0) is 42.7 Å². The Kier molecular flexibility index (Phi) is 15.6. The van der Waals surface area contributed by atoms with E-state index < -0.39 is 104 Å². The van der Waals surface area contributed by atoms with Crippen molar-refractivity contribution in [1.29, 1.82) is 0 Å². The van der Waals surface area contributed by atoms with E-state index in [1.807, 2.05) is 0 Å². The van der Waals surface area contributed by atoms with Crippen molar-refractivity contribution in [2.24, 2.45) is 11.8 Å². The van der Waals surface area contributed by atoms with Crippen LogP contribution in [0.1, 0.15) is 87.9 Å². The lowest BCUT2D eigenvalue weighted by Crippen LogP contribution is -2.64. The standard InChI is InChI=1S/C38H56O16/c1-20-28(41)30(43)31(44)37(49-20)54-32-22(16-17-27(40)48-2)14-9-15-24(32)51-38-34(53-36(47)23-12-7-4-8-13-23)33(29(42)26(19-39)52-38)50-25(35(45)46)18-21-10-5-3-6-11-21/h4,7-8,12-13,20-22,24-26,28-34,37-39,41-44H,3,5-6,9-11,14-19H2,1-2H3,(H,45,46)/t20-,22?,24+,25-,26+,28+,29-,30+,31-,32+,33-,34+,37-,38+/m0/s1. The first kappa shape index (κ1) is 42.4. The highest BCUT2D eigenvalue weighted by atomic mass is 16.7. The highest BCUT2D eigenvalue weighted by molar-refractivity contribution is 5.89. The summed E-state index contributed by atoms with van der Waals surface area (Å²) in [5, 5.41) is 63.8. The van der Waals surface area contributed by atoms with E-state index in [0.29, 0.717) is 19.3 Å². The molecular formula is C38H56O16. The van der Waals surface area contributed by atoms with Gasteiger partial charge in [-0.2, -0.15) is 0 Å². The van der Waals surface area contributed by atoms with Gasteiger partial charge < -0.3 is 63.8 Å². The predicted octanol–water partition coefficient (Wildman–Crippen LogP) is 1.45. The Balaban J connectivity index is 1.46. The average molecular weight is 769 g/mol. The molecule has 54 heavy (non-hydrogen) atoms. The molecule has 2 heterocycles. The molecule has 6 N–H and O–H groups in total. The maximum atomic E-state index is 13.6. The molecule has 16 nitrogen and oxygen atoms in total. The van der Waals surface area contributed by atoms with Crippen LogP contribution in [0, 0.1) is 11.8 Å². The van der Waals surface area contributed by atoms with Crippen molar-refractivity contribution >= 4 is 17.9 Å². The van der Waals surface area contributed by atoms with Crippen LogP contribution in [0.4, 0.5) is 0 Å². The zero-order valence-electron chi connectivity index (χ0n) is 30.8. The number of carboxylic acid groups (broad SMARTS) is 1. The largest absolute Gasteiger partial charge is 0.479 e. The van der Waals surface area contributed by atoms with Crippen molar-refractivity contribution in [2.75, 3.05) is 13.7 Å². The van der Waals surface area contributed by atoms with E-state index in [4.69, 9.17) is 33.2 Å². The molecule has 14 atom stereocenters. The molecule has 4 fully saturated rings. The van der Waals surface area contributed by atoms with Gasteiger partial charge in [0.15, 0.2) is 24.8 Å². The highest BCUT2D eigenvalue weighted by Crippen LogP contribution is 2.39. The van der Waals surface area contributed by atoms with E-state index >= 15 is 0 Å². The quantitative estimate of drug-likeness (QED) is 0.139. The first-order chi connectivity index (χ1) is 25.9. The van der Waals surface area contributed by atoms with Crippen molar-refractivity contribution in [3.8, 4) is 0 Å². The molecule has 0 amide bonds. The van der Waals surface area contributed by atoms with Crippen molar-refractivity contribution in [3.05, 3.63) is 35.9 Å². The molecule has 0 bridgehead atoms. The molecule has 1 unspecified atom stereocenters. The Morgan fingerprint density at radius 1 is 0.815 bits per heavy atom. The van der Waals surface area contributed by atoms with E-state index in [1.54, 1.807) is 18.2 Å². The Labute approximate surface area is 314 Å². The minimum atomic E-state index is -1.64. The number of esters is 2. The number of rotatable bonds is 15. The fourth-order valence-corrected chi connectivity index (χ4v) is 8.05. The number of carboxylic acids is 1. The Morgan fingerprint density at radius 3 is 2.20 bits per heavy atom. The van der Waals surface area contributed by atoms with Gasteiger partial charge in [0.05, 0.1) is 37.6 Å². The summed E-state index contributed by atoms with van der Waals surface area (Å²) in [4.78, 5) is 38.4. The summed E-state index contributed by atoms with van der Waals surface area (Å²) in [5.74, 6) is -2.85. The molecule has 1 aromatic carbocycles. The van der Waals surface area contributed by atoms with E-state index in [9.17, 15) is 45.0 Å². The van der Waals surface area contributed by atoms with Gasteiger partial charge in [0.1, 0.15) is 36.6 Å². The van der Waals surface area contributed by atoms with Gasteiger partial charge in [0.25, 0.3) is 0 Å². The summed E-state index contributed by atoms with van der Waals surface area (Å²) in [7, 11) is 1.27. The summed E-state index contributed by atoms with van der Waals surface area (Å²) < 4.78 is 41.7. The highest BCUT2D eigenvalue weighted by Gasteiger charge is 2.53. The third-order valence-electron chi connectivity index (χ3n) is 11.2. The van der Waals surface area contributed by atoms with Gasteiger partial charge in [-0.15, -0.1) is 0 Å². The zero-order chi connectivity index (χ0) is 38.9. The van der Waals surface area contributed by atoms with Crippen LogP contribution in [0.2, 0.25) is 0 Å². The second kappa shape index (κ2) is 19.9. The number of aliphatic carboxylic acids is 1. The molecule has 2 aliphatic carbocycles. The van der Waals surface area contributed by atoms with Crippen LogP contribution in [0.5, 0.6) is 0 Å². The molecule has 1 aromatic rings. The van der Waals surface area contributed by atoms with Crippen LogP contribution >= 0.6 is 0 Å². The summed E-state index contributed by atoms with van der Waals surface area (Å²) in [6.45, 7) is 0.799. The lowest BCUT2D eigenvalue weighted by Gasteiger charge is -2.48. The molecule has 4 aliphatic rings.